The van der Waals surface area contributed by atoms with Gasteiger partial charge in [0, 0.05) is 22.3 Å². The molecule has 0 radical (unpaired) electrons. The summed E-state index contributed by atoms with van der Waals surface area (Å²) in [4.78, 5) is 0. The summed E-state index contributed by atoms with van der Waals surface area (Å²) in [5.74, 6) is 4.87. The predicted molar refractivity (Wildman–Crippen MR) is 68.5 cm³/mol. The molecule has 1 rings (SSSR count). The average molecular weight is 325 g/mol. The van der Waals surface area contributed by atoms with Crippen molar-refractivity contribution < 1.29 is 12.8 Å². The Bertz CT molecular complexity index is 493. The van der Waals surface area contributed by atoms with Gasteiger partial charge in [0.25, 0.3) is 0 Å². The number of hydrogen-bond donors (Lipinski definition) is 2. The van der Waals surface area contributed by atoms with Crippen LogP contribution in [0.5, 0.6) is 0 Å². The zero-order valence-corrected chi connectivity index (χ0v) is 11.7. The van der Waals surface area contributed by atoms with Gasteiger partial charge in [-0.3, -0.25) is 11.3 Å². The fraction of sp³-hybridized carbons (Fsp3) is 0.400. The maximum absolute atomic E-state index is 13.6. The lowest BCUT2D eigenvalue weighted by molar-refractivity contribution is 0.498. The van der Waals surface area contributed by atoms with Gasteiger partial charge in [-0.15, -0.1) is 0 Å². The highest BCUT2D eigenvalue weighted by atomic mass is 79.9. The van der Waals surface area contributed by atoms with Crippen molar-refractivity contribution >= 4 is 25.8 Å². The maximum Gasteiger partial charge on any atom is 0.147 e. The van der Waals surface area contributed by atoms with Crippen molar-refractivity contribution in [3.05, 3.63) is 34.1 Å². The van der Waals surface area contributed by atoms with Crippen LogP contribution in [0.25, 0.3) is 0 Å². The normalized spacial score (nSPS) is 13.6. The summed E-state index contributed by atoms with van der Waals surface area (Å²) in [5, 5.41) is 0. The number of benzene rings is 1. The van der Waals surface area contributed by atoms with Gasteiger partial charge in [-0.25, -0.2) is 12.8 Å². The molecule has 7 heteroatoms. The first-order valence-electron chi connectivity index (χ1n) is 4.92. The van der Waals surface area contributed by atoms with E-state index in [1.807, 2.05) is 0 Å². The van der Waals surface area contributed by atoms with Crippen molar-refractivity contribution in [2.24, 2.45) is 5.84 Å². The lowest BCUT2D eigenvalue weighted by Gasteiger charge is -2.16. The molecule has 3 N–H and O–H groups in total. The molecule has 17 heavy (non-hydrogen) atoms. The van der Waals surface area contributed by atoms with E-state index in [-0.39, 0.29) is 12.2 Å². The molecule has 0 saturated heterocycles. The van der Waals surface area contributed by atoms with Crippen molar-refractivity contribution in [2.75, 3.05) is 12.0 Å². The van der Waals surface area contributed by atoms with E-state index >= 15 is 0 Å². The largest absolute Gasteiger partial charge is 0.271 e. The quantitative estimate of drug-likeness (QED) is 0.636. The van der Waals surface area contributed by atoms with Crippen LogP contribution in [0.15, 0.2) is 22.7 Å². The minimum atomic E-state index is -3.09. The van der Waals surface area contributed by atoms with Crippen molar-refractivity contribution in [2.45, 2.75) is 12.5 Å². The first kappa shape index (κ1) is 14.6. The molecule has 0 fully saturated rings. The Hall–Kier alpha value is -0.500. The van der Waals surface area contributed by atoms with E-state index in [0.29, 0.717) is 10.0 Å². The molecule has 0 heterocycles. The lowest BCUT2D eigenvalue weighted by Crippen LogP contribution is -2.30. The highest BCUT2D eigenvalue weighted by Crippen LogP contribution is 2.23. The summed E-state index contributed by atoms with van der Waals surface area (Å²) in [7, 11) is -3.09. The second kappa shape index (κ2) is 5.90. The van der Waals surface area contributed by atoms with E-state index in [1.165, 1.54) is 6.07 Å². The van der Waals surface area contributed by atoms with Crippen molar-refractivity contribution in [3.63, 3.8) is 0 Å². The van der Waals surface area contributed by atoms with Gasteiger partial charge in [0.2, 0.25) is 0 Å². The summed E-state index contributed by atoms with van der Waals surface area (Å²) in [6, 6.07) is 3.94. The number of hydrazine groups is 1. The van der Waals surface area contributed by atoms with Crippen LogP contribution in [0.1, 0.15) is 18.0 Å². The molecule has 1 aromatic carbocycles. The molecule has 0 saturated carbocycles. The van der Waals surface area contributed by atoms with Crippen LogP contribution in [0.4, 0.5) is 4.39 Å². The van der Waals surface area contributed by atoms with Crippen LogP contribution >= 0.6 is 15.9 Å². The van der Waals surface area contributed by atoms with Crippen LogP contribution in [-0.2, 0) is 9.84 Å². The van der Waals surface area contributed by atoms with E-state index in [2.05, 4.69) is 21.4 Å². The molecule has 0 aliphatic rings. The monoisotopic (exact) mass is 324 g/mol. The zero-order chi connectivity index (χ0) is 13.1. The van der Waals surface area contributed by atoms with E-state index in [1.54, 1.807) is 12.1 Å². The number of nitrogens with one attached hydrogen (secondary N) is 1. The highest BCUT2D eigenvalue weighted by molar-refractivity contribution is 9.10. The molecule has 1 aromatic rings. The van der Waals surface area contributed by atoms with Crippen LogP contribution in [0.2, 0.25) is 0 Å². The van der Waals surface area contributed by atoms with Gasteiger partial charge in [-0.05, 0) is 24.6 Å². The van der Waals surface area contributed by atoms with Crippen molar-refractivity contribution in [1.82, 2.24) is 5.43 Å². The van der Waals surface area contributed by atoms with Gasteiger partial charge in [-0.2, -0.15) is 0 Å². The molecule has 0 bridgehead atoms. The Morgan fingerprint density at radius 3 is 2.71 bits per heavy atom. The van der Waals surface area contributed by atoms with Gasteiger partial charge in [0.15, 0.2) is 0 Å². The number of nitrogens with two attached hydrogens (primary N) is 1. The van der Waals surface area contributed by atoms with E-state index in [9.17, 15) is 12.8 Å². The predicted octanol–water partition coefficient (Wildman–Crippen LogP) is 1.53. The second-order valence-electron chi connectivity index (χ2n) is 3.80. The number of rotatable bonds is 5. The minimum absolute atomic E-state index is 0.0478. The molecular formula is C10H14BrFN2O2S. The molecule has 0 amide bonds. The standard InChI is InChI=1S/C10H14BrFN2O2S/c1-17(15,16)5-4-10(14-13)8-6-7(11)2-3-9(8)12/h2-3,6,10,14H,4-5,13H2,1H3. The van der Waals surface area contributed by atoms with Gasteiger partial charge >= 0.3 is 0 Å². The van der Waals surface area contributed by atoms with Crippen LogP contribution < -0.4 is 11.3 Å². The van der Waals surface area contributed by atoms with Crippen LogP contribution in [-0.4, -0.2) is 20.4 Å². The molecule has 0 aliphatic carbocycles. The average Bonchev–Trinajstić information content (AvgIpc) is 2.22. The third-order valence-electron chi connectivity index (χ3n) is 2.31. The van der Waals surface area contributed by atoms with E-state index in [0.717, 1.165) is 6.26 Å². The molecule has 0 aliphatic heterocycles. The van der Waals surface area contributed by atoms with E-state index in [4.69, 9.17) is 5.84 Å². The van der Waals surface area contributed by atoms with Crippen LogP contribution in [0.3, 0.4) is 0 Å². The first-order chi connectivity index (χ1) is 7.83. The van der Waals surface area contributed by atoms with E-state index < -0.39 is 21.7 Å². The van der Waals surface area contributed by atoms with Crippen molar-refractivity contribution in [1.29, 1.82) is 0 Å². The minimum Gasteiger partial charge on any atom is -0.271 e. The maximum atomic E-state index is 13.6. The Kier molecular flexibility index (Phi) is 5.05. The Labute approximate surface area is 108 Å². The first-order valence-corrected chi connectivity index (χ1v) is 7.77. The fourth-order valence-electron chi connectivity index (χ4n) is 1.44. The summed E-state index contributed by atoms with van der Waals surface area (Å²) in [6.07, 6.45) is 1.36. The Morgan fingerprint density at radius 1 is 1.53 bits per heavy atom. The number of sulfone groups is 1. The Morgan fingerprint density at radius 2 is 2.18 bits per heavy atom. The van der Waals surface area contributed by atoms with Gasteiger partial charge < -0.3 is 0 Å². The molecule has 4 nitrogen and oxygen atoms in total. The van der Waals surface area contributed by atoms with Crippen LogP contribution in [0, 0.1) is 5.82 Å². The van der Waals surface area contributed by atoms with Gasteiger partial charge in [0.05, 0.1) is 5.75 Å². The van der Waals surface area contributed by atoms with Gasteiger partial charge in [-0.1, -0.05) is 15.9 Å². The van der Waals surface area contributed by atoms with Crippen molar-refractivity contribution in [3.8, 4) is 0 Å². The smallest absolute Gasteiger partial charge is 0.147 e. The third kappa shape index (κ3) is 4.71. The topological polar surface area (TPSA) is 72.2 Å². The molecule has 1 unspecified atom stereocenters. The SMILES string of the molecule is CS(=O)(=O)CCC(NN)c1cc(Br)ccc1F. The Balaban J connectivity index is 2.90. The summed E-state index contributed by atoms with van der Waals surface area (Å²) < 4.78 is 36.4. The molecule has 0 spiro atoms. The molecule has 1 atom stereocenters. The summed E-state index contributed by atoms with van der Waals surface area (Å²) >= 11 is 3.23. The fourth-order valence-corrected chi connectivity index (χ4v) is 2.48. The molecular weight excluding hydrogens is 311 g/mol. The third-order valence-corrected chi connectivity index (χ3v) is 3.78. The lowest BCUT2D eigenvalue weighted by atomic mass is 10.0. The highest BCUT2D eigenvalue weighted by Gasteiger charge is 2.16. The zero-order valence-electron chi connectivity index (χ0n) is 9.28. The number of halogens is 2. The molecule has 96 valence electrons. The molecule has 0 aromatic heterocycles. The second-order valence-corrected chi connectivity index (χ2v) is 6.98. The summed E-state index contributed by atoms with van der Waals surface area (Å²) in [5.41, 5.74) is 2.79. The van der Waals surface area contributed by atoms with Gasteiger partial charge in [0.1, 0.15) is 15.7 Å². The number of hydrogen-bond acceptors (Lipinski definition) is 4. The summed E-state index contributed by atoms with van der Waals surface area (Å²) in [6.45, 7) is 0.